The van der Waals surface area contributed by atoms with E-state index in [1.54, 1.807) is 13.8 Å². The van der Waals surface area contributed by atoms with Crippen LogP contribution in [0.4, 0.5) is 22.4 Å². The summed E-state index contributed by atoms with van der Waals surface area (Å²) in [6.45, 7) is 3.11. The molecule has 1 saturated heterocycles. The Morgan fingerprint density at radius 3 is 2.52 bits per heavy atom. The van der Waals surface area contributed by atoms with Crippen molar-refractivity contribution in [1.82, 2.24) is 5.32 Å². The number of benzene rings is 1. The van der Waals surface area contributed by atoms with E-state index in [1.165, 1.54) is 0 Å². The van der Waals surface area contributed by atoms with Crippen LogP contribution in [0.2, 0.25) is 0 Å². The molecule has 0 radical (unpaired) electrons. The van der Waals surface area contributed by atoms with Crippen molar-refractivity contribution in [3.8, 4) is 0 Å². The van der Waals surface area contributed by atoms with Crippen molar-refractivity contribution in [3.63, 3.8) is 0 Å². The monoisotopic (exact) mass is 327 g/mol. The molecule has 1 N–H and O–H groups in total. The largest absolute Gasteiger partial charge is 0.449 e. The summed E-state index contributed by atoms with van der Waals surface area (Å²) in [5, 5.41) is 2.28. The summed E-state index contributed by atoms with van der Waals surface area (Å²) in [6, 6.07) is 1.63. The van der Waals surface area contributed by atoms with Crippen molar-refractivity contribution in [3.05, 3.63) is 35.1 Å². The molecule has 1 fully saturated rings. The van der Waals surface area contributed by atoms with Gasteiger partial charge in [-0.2, -0.15) is 13.2 Å². The summed E-state index contributed by atoms with van der Waals surface area (Å²) < 4.78 is 57.8. The summed E-state index contributed by atoms with van der Waals surface area (Å²) in [5.74, 6) is -1.000. The number of hydrogen-bond acceptors (Lipinski definition) is 2. The Bertz CT molecular complexity index is 545. The van der Waals surface area contributed by atoms with Gasteiger partial charge in [-0.3, -0.25) is 0 Å². The van der Waals surface area contributed by atoms with Crippen molar-refractivity contribution in [2.45, 2.75) is 26.1 Å². The highest BCUT2D eigenvalue weighted by molar-refractivity contribution is 5.85. The topological polar surface area (TPSA) is 38.3 Å². The van der Waals surface area contributed by atoms with Gasteiger partial charge in [0, 0.05) is 11.0 Å². The second kappa shape index (κ2) is 5.71. The first kappa shape index (κ1) is 17.6. The summed E-state index contributed by atoms with van der Waals surface area (Å²) in [4.78, 5) is 11.3. The third-order valence-electron chi connectivity index (χ3n) is 3.27. The van der Waals surface area contributed by atoms with Gasteiger partial charge in [-0.25, -0.2) is 9.18 Å². The van der Waals surface area contributed by atoms with Crippen LogP contribution < -0.4 is 5.32 Å². The van der Waals surface area contributed by atoms with Crippen molar-refractivity contribution >= 4 is 18.5 Å². The van der Waals surface area contributed by atoms with Crippen LogP contribution in [0.25, 0.3) is 0 Å². The van der Waals surface area contributed by atoms with Crippen LogP contribution >= 0.6 is 12.4 Å². The molecule has 1 aromatic rings. The van der Waals surface area contributed by atoms with Crippen LogP contribution in [-0.4, -0.2) is 12.7 Å². The molecule has 21 heavy (non-hydrogen) atoms. The molecule has 1 atom stereocenters. The smallest absolute Gasteiger partial charge is 0.416 e. The van der Waals surface area contributed by atoms with Crippen molar-refractivity contribution in [2.75, 3.05) is 6.61 Å². The Kier molecular flexibility index (Phi) is 4.77. The molecule has 0 bridgehead atoms. The van der Waals surface area contributed by atoms with Gasteiger partial charge in [0.15, 0.2) is 0 Å². The third-order valence-corrected chi connectivity index (χ3v) is 3.27. The molecule has 0 aliphatic carbocycles. The third kappa shape index (κ3) is 3.40. The standard InChI is InChI=1S/C13H13F4NO2.ClH/c1-12(2)6-20-11(19)18-10(12)9-7(13(15,16)17)4-3-5-8(9)14;/h3-5,10H,6H2,1-2H3,(H,18,19);1H/t10-;/m0./s1. The number of rotatable bonds is 1. The molecular formula is C13H14ClF4NO2. The molecule has 0 unspecified atom stereocenters. The van der Waals surface area contributed by atoms with E-state index in [2.05, 4.69) is 5.32 Å². The molecule has 1 heterocycles. The zero-order chi connectivity index (χ0) is 15.1. The van der Waals surface area contributed by atoms with Gasteiger partial charge in [0.1, 0.15) is 12.4 Å². The van der Waals surface area contributed by atoms with E-state index >= 15 is 0 Å². The van der Waals surface area contributed by atoms with Gasteiger partial charge in [0.2, 0.25) is 0 Å². The molecule has 1 aromatic carbocycles. The van der Waals surface area contributed by atoms with Gasteiger partial charge in [0.25, 0.3) is 0 Å². The minimum absolute atomic E-state index is 0. The van der Waals surface area contributed by atoms with E-state index in [4.69, 9.17) is 4.74 Å². The lowest BCUT2D eigenvalue weighted by atomic mass is 9.78. The summed E-state index contributed by atoms with van der Waals surface area (Å²) >= 11 is 0. The minimum atomic E-state index is -4.70. The lowest BCUT2D eigenvalue weighted by Gasteiger charge is -2.39. The van der Waals surface area contributed by atoms with E-state index in [9.17, 15) is 22.4 Å². The number of alkyl carbamates (subject to hydrolysis) is 1. The fourth-order valence-electron chi connectivity index (χ4n) is 2.23. The second-order valence-electron chi connectivity index (χ2n) is 5.34. The molecule has 118 valence electrons. The molecule has 1 aliphatic heterocycles. The quantitative estimate of drug-likeness (QED) is 0.789. The van der Waals surface area contributed by atoms with E-state index in [0.717, 1.165) is 18.2 Å². The molecule has 8 heteroatoms. The lowest BCUT2D eigenvalue weighted by Crippen LogP contribution is -2.47. The number of alkyl halides is 3. The molecule has 3 nitrogen and oxygen atoms in total. The molecule has 0 aromatic heterocycles. The van der Waals surface area contributed by atoms with Crippen molar-refractivity contribution in [2.24, 2.45) is 5.41 Å². The minimum Gasteiger partial charge on any atom is -0.449 e. The normalized spacial score (nSPS) is 21.0. The number of halogens is 5. The van der Waals surface area contributed by atoms with Crippen LogP contribution in [0.15, 0.2) is 18.2 Å². The van der Waals surface area contributed by atoms with Crippen LogP contribution in [-0.2, 0) is 10.9 Å². The first-order valence-corrected chi connectivity index (χ1v) is 5.92. The van der Waals surface area contributed by atoms with Gasteiger partial charge < -0.3 is 10.1 Å². The highest BCUT2D eigenvalue weighted by atomic mass is 35.5. The van der Waals surface area contributed by atoms with Gasteiger partial charge in [-0.05, 0) is 12.1 Å². The second-order valence-corrected chi connectivity index (χ2v) is 5.34. The molecule has 2 rings (SSSR count). The van der Waals surface area contributed by atoms with E-state index in [-0.39, 0.29) is 19.0 Å². The summed E-state index contributed by atoms with van der Waals surface area (Å²) in [7, 11) is 0. The first-order chi connectivity index (χ1) is 9.13. The number of hydrogen-bond donors (Lipinski definition) is 1. The van der Waals surface area contributed by atoms with Gasteiger partial charge in [-0.15, -0.1) is 12.4 Å². The maximum absolute atomic E-state index is 13.9. The number of carbonyl (C=O) groups is 1. The van der Waals surface area contributed by atoms with Crippen LogP contribution in [0.1, 0.15) is 31.0 Å². The van der Waals surface area contributed by atoms with E-state index in [1.807, 2.05) is 0 Å². The van der Waals surface area contributed by atoms with Crippen molar-refractivity contribution in [1.29, 1.82) is 0 Å². The van der Waals surface area contributed by atoms with E-state index < -0.39 is 40.7 Å². The zero-order valence-corrected chi connectivity index (χ0v) is 12.1. The number of carbonyl (C=O) groups excluding carboxylic acids is 1. The molecule has 0 spiro atoms. The van der Waals surface area contributed by atoms with E-state index in [0.29, 0.717) is 0 Å². The predicted octanol–water partition coefficient (Wildman–Crippen LogP) is 4.07. The average molecular weight is 328 g/mol. The molecular weight excluding hydrogens is 314 g/mol. The highest BCUT2D eigenvalue weighted by Gasteiger charge is 2.44. The maximum Gasteiger partial charge on any atom is 0.416 e. The van der Waals surface area contributed by atoms with Crippen LogP contribution in [0.3, 0.4) is 0 Å². The SMILES string of the molecule is CC1(C)COC(=O)N[C@H]1c1c(F)cccc1C(F)(F)F.Cl. The number of ether oxygens (including phenoxy) is 1. The van der Waals surface area contributed by atoms with Gasteiger partial charge >= 0.3 is 12.3 Å². The Hall–Kier alpha value is -1.50. The zero-order valence-electron chi connectivity index (χ0n) is 11.3. The fraction of sp³-hybridized carbons (Fsp3) is 0.462. The van der Waals surface area contributed by atoms with Gasteiger partial charge in [-0.1, -0.05) is 19.9 Å². The number of amides is 1. The fourth-order valence-corrected chi connectivity index (χ4v) is 2.23. The molecule has 0 saturated carbocycles. The van der Waals surface area contributed by atoms with Crippen LogP contribution in [0, 0.1) is 11.2 Å². The lowest BCUT2D eigenvalue weighted by molar-refractivity contribution is -0.139. The Morgan fingerprint density at radius 2 is 1.95 bits per heavy atom. The van der Waals surface area contributed by atoms with Crippen LogP contribution in [0.5, 0.6) is 0 Å². The van der Waals surface area contributed by atoms with Gasteiger partial charge in [0.05, 0.1) is 11.6 Å². The average Bonchev–Trinajstić information content (AvgIpc) is 2.31. The molecule has 1 aliphatic rings. The summed E-state index contributed by atoms with van der Waals surface area (Å²) in [6.07, 6.45) is -5.55. The number of nitrogens with one attached hydrogen (secondary N) is 1. The Labute approximate surface area is 125 Å². The summed E-state index contributed by atoms with van der Waals surface area (Å²) in [5.41, 5.74) is -2.50. The maximum atomic E-state index is 13.9. The molecule has 1 amide bonds. The Morgan fingerprint density at radius 1 is 1.33 bits per heavy atom. The Balaban J connectivity index is 0.00000220. The first-order valence-electron chi connectivity index (χ1n) is 5.92. The highest BCUT2D eigenvalue weighted by Crippen LogP contribution is 2.43. The predicted molar refractivity (Wildman–Crippen MR) is 69.7 cm³/mol. The number of cyclic esters (lactones) is 1. The van der Waals surface area contributed by atoms with Crippen molar-refractivity contribution < 1.29 is 27.1 Å².